The summed E-state index contributed by atoms with van der Waals surface area (Å²) < 4.78 is 4.94. The van der Waals surface area contributed by atoms with Gasteiger partial charge >= 0.3 is 5.97 Å². The number of carbonyl (C=O) groups excluding carboxylic acids is 2. The summed E-state index contributed by atoms with van der Waals surface area (Å²) >= 11 is 6.18. The van der Waals surface area contributed by atoms with Crippen LogP contribution in [-0.4, -0.2) is 48.7 Å². The minimum Gasteiger partial charge on any atom is -0.461 e. The van der Waals surface area contributed by atoms with Crippen molar-refractivity contribution in [3.8, 4) is 0 Å². The number of hydrogen-bond acceptors (Lipinski definition) is 7. The molecule has 1 aromatic rings. The zero-order valence-electron chi connectivity index (χ0n) is 26.2. The molecule has 0 aromatic carbocycles. The Hall–Kier alpha value is -2.41. The Morgan fingerprint density at radius 1 is 1.20 bits per heavy atom. The zero-order valence-corrected chi connectivity index (χ0v) is 27.0. The van der Waals surface area contributed by atoms with Crippen LogP contribution in [-0.2, 0) is 14.3 Å². The van der Waals surface area contributed by atoms with Crippen molar-refractivity contribution in [1.29, 1.82) is 0 Å². The van der Waals surface area contributed by atoms with E-state index in [9.17, 15) is 9.59 Å². The molecule has 1 atom stereocenters. The van der Waals surface area contributed by atoms with Crippen LogP contribution >= 0.6 is 11.6 Å². The lowest BCUT2D eigenvalue weighted by atomic mass is 9.91. The summed E-state index contributed by atoms with van der Waals surface area (Å²) in [5, 5.41) is 0.817. The van der Waals surface area contributed by atoms with Gasteiger partial charge in [-0.15, -0.1) is 0 Å². The summed E-state index contributed by atoms with van der Waals surface area (Å²) in [4.78, 5) is 35.0. The maximum atomic E-state index is 11.9. The smallest absolute Gasteiger partial charge is 0.354 e. The minimum absolute atomic E-state index is 0.0211. The van der Waals surface area contributed by atoms with Crippen molar-refractivity contribution < 1.29 is 14.3 Å². The summed E-state index contributed by atoms with van der Waals surface area (Å²) in [6.45, 7) is 18.9. The summed E-state index contributed by atoms with van der Waals surface area (Å²) in [6.07, 6.45) is 9.93. The van der Waals surface area contributed by atoms with Crippen LogP contribution in [0.4, 0.5) is 5.82 Å². The Morgan fingerprint density at radius 3 is 2.42 bits per heavy atom. The van der Waals surface area contributed by atoms with Crippen molar-refractivity contribution in [2.75, 3.05) is 31.1 Å². The van der Waals surface area contributed by atoms with Gasteiger partial charge in [-0.05, 0) is 76.7 Å². The number of halogens is 1. The van der Waals surface area contributed by atoms with Crippen LogP contribution in [0.5, 0.6) is 0 Å². The van der Waals surface area contributed by atoms with Crippen molar-refractivity contribution >= 4 is 34.9 Å². The van der Waals surface area contributed by atoms with E-state index in [0.717, 1.165) is 79.3 Å². The summed E-state index contributed by atoms with van der Waals surface area (Å²) in [5.74, 6) is 0.722. The molecule has 3 rings (SSSR count). The summed E-state index contributed by atoms with van der Waals surface area (Å²) in [7, 11) is 0. The van der Waals surface area contributed by atoms with Gasteiger partial charge in [0.15, 0.2) is 5.78 Å². The number of nitrogens with two attached hydrogens (primary N) is 1. The molecule has 2 aliphatic carbocycles. The van der Waals surface area contributed by atoms with Gasteiger partial charge in [0.05, 0.1) is 13.2 Å². The Labute approximate surface area is 248 Å². The number of anilines is 1. The first kappa shape index (κ1) is 35.6. The number of rotatable bonds is 11. The molecule has 0 radical (unpaired) electrons. The third-order valence-electron chi connectivity index (χ3n) is 7.43. The van der Waals surface area contributed by atoms with Crippen LogP contribution in [0.2, 0.25) is 5.02 Å². The van der Waals surface area contributed by atoms with E-state index in [-0.39, 0.29) is 23.9 Å². The normalized spacial score (nSPS) is 18.4. The fourth-order valence-electron chi connectivity index (χ4n) is 4.43. The molecule has 1 heterocycles. The Kier molecular flexibility index (Phi) is 16.1. The summed E-state index contributed by atoms with van der Waals surface area (Å²) in [5.41, 5.74) is 9.21. The maximum Gasteiger partial charge on any atom is 0.354 e. The minimum atomic E-state index is -0.490. The molecule has 226 valence electrons. The van der Waals surface area contributed by atoms with Crippen molar-refractivity contribution in [3.05, 3.63) is 34.1 Å². The van der Waals surface area contributed by atoms with Crippen molar-refractivity contribution in [2.24, 2.45) is 22.1 Å². The quantitative estimate of drug-likeness (QED) is 0.216. The molecule has 7 nitrogen and oxygen atoms in total. The number of carbonyl (C=O) groups is 2. The standard InChI is InChI=1S/C16H26N2O3.C14H21ClN2.C2H6/c1-4-11(3)14(19)10-18-13-9-7-6-8-12(13)15(17)16(20)21-5-2;1-4-9-17(10-14(3)6-7-14)13-11(2)12(15)5-8-16-13;1-2/h11H,4-10,17H2,1-3H3;5,8H,4,6-7,9-10H2,1-3H3;1-2H3/b15-12-,18-13?;;. The molecular formula is C32H53ClN4O3. The molecule has 0 spiro atoms. The zero-order chi connectivity index (χ0) is 30.3. The second-order valence-corrected chi connectivity index (χ2v) is 11.2. The Morgan fingerprint density at radius 2 is 1.85 bits per heavy atom. The molecule has 40 heavy (non-hydrogen) atoms. The first-order valence-corrected chi connectivity index (χ1v) is 15.5. The van der Waals surface area contributed by atoms with Crippen molar-refractivity contribution in [2.45, 2.75) is 107 Å². The number of pyridine rings is 1. The average molecular weight is 577 g/mol. The lowest BCUT2D eigenvalue weighted by Crippen LogP contribution is -2.31. The van der Waals surface area contributed by atoms with Gasteiger partial charge in [0.1, 0.15) is 11.5 Å². The van der Waals surface area contributed by atoms with Gasteiger partial charge in [0.2, 0.25) is 0 Å². The predicted molar refractivity (Wildman–Crippen MR) is 168 cm³/mol. The van der Waals surface area contributed by atoms with Gasteiger partial charge in [0.25, 0.3) is 0 Å². The average Bonchev–Trinajstić information content (AvgIpc) is 3.70. The molecule has 0 bridgehead atoms. The van der Waals surface area contributed by atoms with E-state index < -0.39 is 5.97 Å². The van der Waals surface area contributed by atoms with Gasteiger partial charge in [-0.25, -0.2) is 9.78 Å². The van der Waals surface area contributed by atoms with Gasteiger partial charge in [-0.2, -0.15) is 0 Å². The van der Waals surface area contributed by atoms with Gasteiger partial charge in [-0.3, -0.25) is 9.79 Å². The largest absolute Gasteiger partial charge is 0.461 e. The van der Waals surface area contributed by atoms with E-state index in [1.54, 1.807) is 6.92 Å². The van der Waals surface area contributed by atoms with Crippen molar-refractivity contribution in [1.82, 2.24) is 4.98 Å². The van der Waals surface area contributed by atoms with E-state index in [0.29, 0.717) is 12.0 Å². The number of Topliss-reactive ketones (excluding diaryl/α,β-unsaturated/α-hetero) is 1. The number of ketones is 1. The van der Waals surface area contributed by atoms with Gasteiger partial charge in [-0.1, -0.05) is 53.1 Å². The molecule has 0 saturated heterocycles. The van der Waals surface area contributed by atoms with Crippen LogP contribution in [0.1, 0.15) is 105 Å². The topological polar surface area (TPSA) is 97.9 Å². The number of aliphatic imine (C=N–C) groups is 1. The van der Waals surface area contributed by atoms with E-state index in [1.807, 2.05) is 40.0 Å². The maximum absolute atomic E-state index is 11.9. The van der Waals surface area contributed by atoms with Crippen LogP contribution in [0.3, 0.4) is 0 Å². The molecule has 0 aliphatic heterocycles. The number of esters is 1. The van der Waals surface area contributed by atoms with Crippen LogP contribution in [0.15, 0.2) is 28.5 Å². The molecule has 2 aliphatic rings. The molecule has 1 aromatic heterocycles. The molecule has 2 saturated carbocycles. The predicted octanol–water partition coefficient (Wildman–Crippen LogP) is 7.48. The monoisotopic (exact) mass is 576 g/mol. The Bertz CT molecular complexity index is 1020. The number of aromatic nitrogens is 1. The third kappa shape index (κ3) is 11.2. The van der Waals surface area contributed by atoms with Crippen LogP contribution in [0, 0.1) is 18.3 Å². The van der Waals surface area contributed by atoms with Gasteiger partial charge < -0.3 is 15.4 Å². The fraction of sp³-hybridized carbons (Fsp3) is 0.688. The van der Waals surface area contributed by atoms with Crippen molar-refractivity contribution in [3.63, 3.8) is 0 Å². The fourth-order valence-corrected chi connectivity index (χ4v) is 4.57. The first-order chi connectivity index (χ1) is 19.1. The highest BCUT2D eigenvalue weighted by atomic mass is 35.5. The summed E-state index contributed by atoms with van der Waals surface area (Å²) in [6, 6.07) is 1.86. The molecular weight excluding hydrogens is 524 g/mol. The highest BCUT2D eigenvalue weighted by molar-refractivity contribution is 6.31. The number of ether oxygens (including phenoxy) is 1. The van der Waals surface area contributed by atoms with Gasteiger partial charge in [0, 0.05) is 47.1 Å². The molecule has 8 heteroatoms. The van der Waals surface area contributed by atoms with Crippen LogP contribution in [0.25, 0.3) is 0 Å². The first-order valence-electron chi connectivity index (χ1n) is 15.1. The molecule has 2 fully saturated rings. The number of hydrogen-bond donors (Lipinski definition) is 1. The van der Waals surface area contributed by atoms with E-state index in [4.69, 9.17) is 22.1 Å². The number of nitrogens with zero attached hydrogens (tertiary/aromatic N) is 3. The van der Waals surface area contributed by atoms with E-state index in [1.165, 1.54) is 12.8 Å². The molecule has 2 N–H and O–H groups in total. The third-order valence-corrected chi connectivity index (χ3v) is 7.84. The second-order valence-electron chi connectivity index (χ2n) is 10.8. The lowest BCUT2D eigenvalue weighted by molar-refractivity contribution is -0.138. The van der Waals surface area contributed by atoms with E-state index >= 15 is 0 Å². The molecule has 0 amide bonds. The highest BCUT2D eigenvalue weighted by Crippen LogP contribution is 2.46. The second kappa shape index (κ2) is 18.1. The van der Waals surface area contributed by atoms with Crippen LogP contribution < -0.4 is 10.6 Å². The number of allylic oxidation sites excluding steroid dienone is 1. The highest BCUT2D eigenvalue weighted by Gasteiger charge is 2.39. The SMILES string of the molecule is CC.CCCN(CC1(C)CC1)c1nccc(Cl)c1C.CCOC(=O)/C(N)=C1\CCCCC1=NCC(=O)C(C)CC. The Balaban J connectivity index is 0.000000383. The van der Waals surface area contributed by atoms with E-state index in [2.05, 4.69) is 35.6 Å². The molecule has 1 unspecified atom stereocenters. The lowest BCUT2D eigenvalue weighted by Gasteiger charge is -2.28.